The molecule has 3 rings (SSSR count). The predicted octanol–water partition coefficient (Wildman–Crippen LogP) is 1.58. The lowest BCUT2D eigenvalue weighted by Crippen LogP contribution is -2.42. The summed E-state index contributed by atoms with van der Waals surface area (Å²) in [6.45, 7) is 3.88. The minimum atomic E-state index is -0.210. The van der Waals surface area contributed by atoms with E-state index in [1.165, 1.54) is 12.8 Å². The summed E-state index contributed by atoms with van der Waals surface area (Å²) in [5.74, 6) is 0.357. The van der Waals surface area contributed by atoms with Gasteiger partial charge < -0.3 is 15.6 Å². The van der Waals surface area contributed by atoms with E-state index >= 15 is 0 Å². The highest BCUT2D eigenvalue weighted by atomic mass is 16.2. The van der Waals surface area contributed by atoms with Crippen molar-refractivity contribution in [1.82, 2.24) is 25.5 Å². The van der Waals surface area contributed by atoms with Gasteiger partial charge in [0.15, 0.2) is 0 Å². The third-order valence-electron chi connectivity index (χ3n) is 5.56. The van der Waals surface area contributed by atoms with Crippen molar-refractivity contribution in [2.24, 2.45) is 5.92 Å². The van der Waals surface area contributed by atoms with Crippen molar-refractivity contribution in [3.8, 4) is 0 Å². The van der Waals surface area contributed by atoms with E-state index in [1.807, 2.05) is 6.92 Å². The van der Waals surface area contributed by atoms with E-state index in [0.29, 0.717) is 26.1 Å². The van der Waals surface area contributed by atoms with Crippen molar-refractivity contribution in [1.29, 1.82) is 0 Å². The molecule has 2 amide bonds. The number of nitrogens with one attached hydrogen (secondary N) is 3. The summed E-state index contributed by atoms with van der Waals surface area (Å²) in [4.78, 5) is 34.4. The number of aromatic nitrogens is 2. The number of amides is 2. The van der Waals surface area contributed by atoms with Crippen molar-refractivity contribution >= 4 is 11.8 Å². The first kappa shape index (κ1) is 18.9. The molecule has 1 aromatic heterocycles. The Bertz CT molecular complexity index is 581. The average Bonchev–Trinajstić information content (AvgIpc) is 3.18. The third kappa shape index (κ3) is 4.84. The van der Waals surface area contributed by atoms with Crippen LogP contribution in [0.3, 0.4) is 0 Å². The monoisotopic (exact) mass is 361 g/mol. The number of carbonyl (C=O) groups excluding carboxylic acids is 2. The Hall–Kier alpha value is -1.89. The molecular formula is C19H31N5O2. The third-order valence-corrected chi connectivity index (χ3v) is 5.56. The van der Waals surface area contributed by atoms with Gasteiger partial charge in [0.1, 0.15) is 0 Å². The molecule has 7 heteroatoms. The number of rotatable bonds is 6. The second-order valence-corrected chi connectivity index (χ2v) is 7.55. The highest BCUT2D eigenvalue weighted by Crippen LogP contribution is 2.25. The Morgan fingerprint density at radius 1 is 1.23 bits per heavy atom. The second kappa shape index (κ2) is 9.16. The van der Waals surface area contributed by atoms with E-state index in [4.69, 9.17) is 0 Å². The SMILES string of the molecule is CCNC(=O)C1CC(NC(=O)C2CCCCCC2)CN1Cc1cnc[nH]1. The van der Waals surface area contributed by atoms with Gasteiger partial charge in [-0.3, -0.25) is 14.5 Å². The van der Waals surface area contributed by atoms with Crippen LogP contribution in [0.4, 0.5) is 0 Å². The molecule has 0 radical (unpaired) electrons. The van der Waals surface area contributed by atoms with Crippen molar-refractivity contribution in [2.45, 2.75) is 70.5 Å². The van der Waals surface area contributed by atoms with Crippen molar-refractivity contribution in [2.75, 3.05) is 13.1 Å². The zero-order chi connectivity index (χ0) is 18.4. The first-order valence-electron chi connectivity index (χ1n) is 9.96. The van der Waals surface area contributed by atoms with Gasteiger partial charge in [-0.25, -0.2) is 4.98 Å². The number of hydrogen-bond acceptors (Lipinski definition) is 4. The molecule has 7 nitrogen and oxygen atoms in total. The Morgan fingerprint density at radius 2 is 2.00 bits per heavy atom. The quantitative estimate of drug-likeness (QED) is 0.671. The number of aromatic amines is 1. The zero-order valence-electron chi connectivity index (χ0n) is 15.7. The molecular weight excluding hydrogens is 330 g/mol. The molecule has 144 valence electrons. The minimum Gasteiger partial charge on any atom is -0.355 e. The number of nitrogens with zero attached hydrogens (tertiary/aromatic N) is 2. The summed E-state index contributed by atoms with van der Waals surface area (Å²) in [5, 5.41) is 6.15. The van der Waals surface area contributed by atoms with Crippen LogP contribution in [-0.2, 0) is 16.1 Å². The van der Waals surface area contributed by atoms with Gasteiger partial charge in [0.2, 0.25) is 11.8 Å². The first-order chi connectivity index (χ1) is 12.7. The van der Waals surface area contributed by atoms with Gasteiger partial charge in [0.05, 0.1) is 12.4 Å². The lowest BCUT2D eigenvalue weighted by molar-refractivity contribution is -0.127. The van der Waals surface area contributed by atoms with Crippen LogP contribution < -0.4 is 10.6 Å². The molecule has 0 spiro atoms. The molecule has 2 unspecified atom stereocenters. The van der Waals surface area contributed by atoms with Crippen LogP contribution in [0.2, 0.25) is 0 Å². The molecule has 1 aliphatic carbocycles. The van der Waals surface area contributed by atoms with Gasteiger partial charge in [-0.1, -0.05) is 25.7 Å². The second-order valence-electron chi connectivity index (χ2n) is 7.55. The van der Waals surface area contributed by atoms with Crippen molar-refractivity contribution in [3.05, 3.63) is 18.2 Å². The van der Waals surface area contributed by atoms with E-state index in [9.17, 15) is 9.59 Å². The number of likely N-dealkylation sites (tertiary alicyclic amines) is 1. The molecule has 1 aliphatic heterocycles. The molecule has 26 heavy (non-hydrogen) atoms. The number of H-pyrrole nitrogens is 1. The van der Waals surface area contributed by atoms with E-state index in [-0.39, 0.29) is 29.8 Å². The predicted molar refractivity (Wildman–Crippen MR) is 99.2 cm³/mol. The summed E-state index contributed by atoms with van der Waals surface area (Å²) in [7, 11) is 0. The van der Waals surface area contributed by atoms with Crippen LogP contribution in [0.25, 0.3) is 0 Å². The lowest BCUT2D eigenvalue weighted by atomic mass is 9.99. The highest BCUT2D eigenvalue weighted by Gasteiger charge is 2.38. The maximum atomic E-state index is 12.7. The van der Waals surface area contributed by atoms with Gasteiger partial charge in [0.25, 0.3) is 0 Å². The van der Waals surface area contributed by atoms with Gasteiger partial charge in [-0.05, 0) is 26.2 Å². The molecule has 2 heterocycles. The van der Waals surface area contributed by atoms with Crippen LogP contribution in [0, 0.1) is 5.92 Å². The molecule has 2 fully saturated rings. The largest absolute Gasteiger partial charge is 0.355 e. The van der Waals surface area contributed by atoms with Crippen LogP contribution in [-0.4, -0.2) is 51.9 Å². The van der Waals surface area contributed by atoms with Crippen LogP contribution in [0.1, 0.15) is 57.6 Å². The highest BCUT2D eigenvalue weighted by molar-refractivity contribution is 5.83. The standard InChI is InChI=1S/C19H31N5O2/c1-2-21-19(26)17-9-15(11-24(17)12-16-10-20-13-22-16)23-18(25)14-7-5-3-4-6-8-14/h10,13-15,17H,2-9,11-12H2,1H3,(H,20,22)(H,21,26)(H,23,25). The molecule has 0 bridgehead atoms. The topological polar surface area (TPSA) is 90.1 Å². The first-order valence-corrected chi connectivity index (χ1v) is 9.96. The summed E-state index contributed by atoms with van der Waals surface area (Å²) in [6.07, 6.45) is 10.9. The van der Waals surface area contributed by atoms with Crippen LogP contribution in [0.15, 0.2) is 12.5 Å². The Balaban J connectivity index is 1.60. The van der Waals surface area contributed by atoms with Gasteiger partial charge in [-0.15, -0.1) is 0 Å². The van der Waals surface area contributed by atoms with Crippen molar-refractivity contribution < 1.29 is 9.59 Å². The fourth-order valence-electron chi connectivity index (χ4n) is 4.20. The maximum absolute atomic E-state index is 12.7. The summed E-state index contributed by atoms with van der Waals surface area (Å²) >= 11 is 0. The van der Waals surface area contributed by atoms with Gasteiger partial charge in [0, 0.05) is 43.5 Å². The Kier molecular flexibility index (Phi) is 6.66. The molecule has 0 aromatic carbocycles. The zero-order valence-corrected chi connectivity index (χ0v) is 15.7. The normalized spacial score (nSPS) is 25.0. The van der Waals surface area contributed by atoms with Crippen LogP contribution in [0.5, 0.6) is 0 Å². The maximum Gasteiger partial charge on any atom is 0.237 e. The minimum absolute atomic E-state index is 0.0290. The summed E-state index contributed by atoms with van der Waals surface area (Å²) in [6, 6.07) is -0.182. The van der Waals surface area contributed by atoms with Crippen molar-refractivity contribution in [3.63, 3.8) is 0 Å². The molecule has 1 saturated heterocycles. The summed E-state index contributed by atoms with van der Waals surface area (Å²) in [5.41, 5.74) is 0.982. The smallest absolute Gasteiger partial charge is 0.237 e. The van der Waals surface area contributed by atoms with E-state index in [2.05, 4.69) is 25.5 Å². The fraction of sp³-hybridized carbons (Fsp3) is 0.737. The number of carbonyl (C=O) groups is 2. The van der Waals surface area contributed by atoms with Gasteiger partial charge >= 0.3 is 0 Å². The number of imidazole rings is 1. The molecule has 2 atom stereocenters. The fourth-order valence-corrected chi connectivity index (χ4v) is 4.20. The average molecular weight is 361 g/mol. The Labute approximate surface area is 155 Å². The molecule has 1 saturated carbocycles. The molecule has 3 N–H and O–H groups in total. The number of hydrogen-bond donors (Lipinski definition) is 3. The summed E-state index contributed by atoms with van der Waals surface area (Å²) < 4.78 is 0. The number of likely N-dealkylation sites (N-methyl/N-ethyl adjacent to an activating group) is 1. The van der Waals surface area contributed by atoms with E-state index in [0.717, 1.165) is 31.4 Å². The van der Waals surface area contributed by atoms with E-state index < -0.39 is 0 Å². The van der Waals surface area contributed by atoms with Crippen LogP contribution >= 0.6 is 0 Å². The Morgan fingerprint density at radius 3 is 2.65 bits per heavy atom. The molecule has 1 aromatic rings. The molecule has 2 aliphatic rings. The van der Waals surface area contributed by atoms with E-state index in [1.54, 1.807) is 12.5 Å². The van der Waals surface area contributed by atoms with Gasteiger partial charge in [-0.2, -0.15) is 0 Å². The lowest BCUT2D eigenvalue weighted by Gasteiger charge is -2.22.